The van der Waals surface area contributed by atoms with Crippen molar-refractivity contribution in [2.45, 2.75) is 6.92 Å². The number of hydrogen-bond donors (Lipinski definition) is 2. The number of amides is 1. The predicted molar refractivity (Wildman–Crippen MR) is 88.5 cm³/mol. The van der Waals surface area contributed by atoms with E-state index >= 15 is 0 Å². The second-order valence-corrected chi connectivity index (χ2v) is 4.86. The summed E-state index contributed by atoms with van der Waals surface area (Å²) in [4.78, 5) is 21.7. The number of benzene rings is 2. The van der Waals surface area contributed by atoms with Gasteiger partial charge < -0.3 is 5.32 Å². The van der Waals surface area contributed by atoms with Gasteiger partial charge in [-0.25, -0.2) is 5.43 Å². The molecule has 0 aliphatic heterocycles. The molecule has 0 saturated carbocycles. The molecular weight excluding hydrogens is 296 g/mol. The SMILES string of the molecule is Cc1ccc(NCC(=O)N/N=C/c2ccc([N+](=O)[O-])cc2)cc1. The van der Waals surface area contributed by atoms with Crippen LogP contribution in [0.4, 0.5) is 11.4 Å². The van der Waals surface area contributed by atoms with Gasteiger partial charge in [0.2, 0.25) is 0 Å². The zero-order chi connectivity index (χ0) is 16.7. The number of aryl methyl sites for hydroxylation is 1. The molecule has 2 N–H and O–H groups in total. The van der Waals surface area contributed by atoms with E-state index in [0.717, 1.165) is 11.3 Å². The monoisotopic (exact) mass is 312 g/mol. The van der Waals surface area contributed by atoms with Crippen molar-refractivity contribution in [3.8, 4) is 0 Å². The second-order valence-electron chi connectivity index (χ2n) is 4.86. The van der Waals surface area contributed by atoms with E-state index in [1.165, 1.54) is 18.3 Å². The molecule has 7 nitrogen and oxygen atoms in total. The van der Waals surface area contributed by atoms with E-state index in [0.29, 0.717) is 5.56 Å². The smallest absolute Gasteiger partial charge is 0.269 e. The lowest BCUT2D eigenvalue weighted by molar-refractivity contribution is -0.384. The third-order valence-electron chi connectivity index (χ3n) is 3.01. The number of anilines is 1. The fourth-order valence-corrected chi connectivity index (χ4v) is 1.75. The lowest BCUT2D eigenvalue weighted by Gasteiger charge is -2.05. The van der Waals surface area contributed by atoms with Crippen molar-refractivity contribution >= 4 is 23.5 Å². The van der Waals surface area contributed by atoms with Crippen LogP contribution in [0.3, 0.4) is 0 Å². The molecule has 0 fully saturated rings. The highest BCUT2D eigenvalue weighted by Crippen LogP contribution is 2.10. The normalized spacial score (nSPS) is 10.5. The van der Waals surface area contributed by atoms with Crippen LogP contribution in [-0.4, -0.2) is 23.6 Å². The van der Waals surface area contributed by atoms with E-state index < -0.39 is 4.92 Å². The largest absolute Gasteiger partial charge is 0.376 e. The van der Waals surface area contributed by atoms with Crippen LogP contribution in [0.1, 0.15) is 11.1 Å². The van der Waals surface area contributed by atoms with Gasteiger partial charge in [-0.1, -0.05) is 17.7 Å². The van der Waals surface area contributed by atoms with Gasteiger partial charge in [0.05, 0.1) is 17.7 Å². The maximum atomic E-state index is 11.6. The minimum Gasteiger partial charge on any atom is -0.376 e. The van der Waals surface area contributed by atoms with Crippen molar-refractivity contribution in [3.05, 3.63) is 69.8 Å². The van der Waals surface area contributed by atoms with Crippen molar-refractivity contribution in [3.63, 3.8) is 0 Å². The Morgan fingerprint density at radius 3 is 2.43 bits per heavy atom. The van der Waals surface area contributed by atoms with Gasteiger partial charge in [-0.2, -0.15) is 5.10 Å². The summed E-state index contributed by atoms with van der Waals surface area (Å²) < 4.78 is 0. The van der Waals surface area contributed by atoms with Gasteiger partial charge in [-0.3, -0.25) is 14.9 Å². The Bertz CT molecular complexity index is 709. The average molecular weight is 312 g/mol. The van der Waals surface area contributed by atoms with Crippen LogP contribution in [0.25, 0.3) is 0 Å². The lowest BCUT2D eigenvalue weighted by atomic mass is 10.2. The van der Waals surface area contributed by atoms with Crippen molar-refractivity contribution in [1.82, 2.24) is 5.43 Å². The standard InChI is InChI=1S/C16H16N4O3/c1-12-2-6-14(7-3-12)17-11-16(21)19-18-10-13-4-8-15(9-5-13)20(22)23/h2-10,17H,11H2,1H3,(H,19,21)/b18-10+. The van der Waals surface area contributed by atoms with Gasteiger partial charge in [0.15, 0.2) is 0 Å². The molecule has 2 aromatic carbocycles. The van der Waals surface area contributed by atoms with Crippen LogP contribution in [0.15, 0.2) is 53.6 Å². The number of hydrazone groups is 1. The number of non-ortho nitro benzene ring substituents is 1. The summed E-state index contributed by atoms with van der Waals surface area (Å²) in [6.07, 6.45) is 1.42. The first-order valence-electron chi connectivity index (χ1n) is 6.91. The zero-order valence-corrected chi connectivity index (χ0v) is 12.5. The quantitative estimate of drug-likeness (QED) is 0.486. The Hall–Kier alpha value is -3.22. The minimum atomic E-state index is -0.473. The maximum absolute atomic E-state index is 11.6. The number of hydrogen-bond acceptors (Lipinski definition) is 5. The molecule has 2 aromatic rings. The number of nitrogens with one attached hydrogen (secondary N) is 2. The highest BCUT2D eigenvalue weighted by molar-refractivity contribution is 5.84. The Labute approximate surface area is 133 Å². The molecule has 0 saturated heterocycles. The van der Waals surface area contributed by atoms with E-state index in [9.17, 15) is 14.9 Å². The van der Waals surface area contributed by atoms with Crippen LogP contribution in [0.2, 0.25) is 0 Å². The van der Waals surface area contributed by atoms with Gasteiger partial charge in [0.1, 0.15) is 0 Å². The molecule has 0 bridgehead atoms. The van der Waals surface area contributed by atoms with E-state index in [2.05, 4.69) is 15.8 Å². The minimum absolute atomic E-state index is 0.00786. The molecule has 0 spiro atoms. The lowest BCUT2D eigenvalue weighted by Crippen LogP contribution is -2.25. The summed E-state index contributed by atoms with van der Waals surface area (Å²) in [6.45, 7) is 2.09. The van der Waals surface area contributed by atoms with Gasteiger partial charge in [0.25, 0.3) is 11.6 Å². The van der Waals surface area contributed by atoms with Crippen molar-refractivity contribution in [1.29, 1.82) is 0 Å². The van der Waals surface area contributed by atoms with Crippen LogP contribution in [0, 0.1) is 17.0 Å². The first-order chi connectivity index (χ1) is 11.0. The molecule has 2 rings (SSSR count). The molecule has 7 heteroatoms. The van der Waals surface area contributed by atoms with E-state index in [1.807, 2.05) is 31.2 Å². The summed E-state index contributed by atoms with van der Waals surface area (Å²) in [5.74, 6) is -0.288. The summed E-state index contributed by atoms with van der Waals surface area (Å²) >= 11 is 0. The molecular formula is C16H16N4O3. The van der Waals surface area contributed by atoms with Crippen molar-refractivity contribution < 1.29 is 9.72 Å². The highest BCUT2D eigenvalue weighted by atomic mass is 16.6. The van der Waals surface area contributed by atoms with Crippen LogP contribution >= 0.6 is 0 Å². The number of nitrogens with zero attached hydrogens (tertiary/aromatic N) is 2. The highest BCUT2D eigenvalue weighted by Gasteiger charge is 2.03. The number of rotatable bonds is 6. The number of carbonyl (C=O) groups is 1. The summed E-state index contributed by atoms with van der Waals surface area (Å²) in [5, 5.41) is 17.3. The third-order valence-corrected chi connectivity index (χ3v) is 3.01. The van der Waals surface area contributed by atoms with Crippen molar-refractivity contribution in [2.24, 2.45) is 5.10 Å². The topological polar surface area (TPSA) is 96.6 Å². The van der Waals surface area contributed by atoms with Gasteiger partial charge in [0, 0.05) is 17.8 Å². The van der Waals surface area contributed by atoms with E-state index in [1.54, 1.807) is 12.1 Å². The molecule has 0 aliphatic carbocycles. The summed E-state index contributed by atoms with van der Waals surface area (Å²) in [6, 6.07) is 13.5. The average Bonchev–Trinajstić information content (AvgIpc) is 2.55. The first kappa shape index (κ1) is 16.2. The second kappa shape index (κ2) is 7.69. The Morgan fingerprint density at radius 1 is 1.17 bits per heavy atom. The Morgan fingerprint density at radius 2 is 1.83 bits per heavy atom. The predicted octanol–water partition coefficient (Wildman–Crippen LogP) is 2.47. The molecule has 0 aromatic heterocycles. The molecule has 118 valence electrons. The van der Waals surface area contributed by atoms with E-state index in [-0.39, 0.29) is 18.1 Å². The number of nitro benzene ring substituents is 1. The van der Waals surface area contributed by atoms with E-state index in [4.69, 9.17) is 0 Å². The zero-order valence-electron chi connectivity index (χ0n) is 12.5. The molecule has 23 heavy (non-hydrogen) atoms. The van der Waals surface area contributed by atoms with Crippen LogP contribution in [-0.2, 0) is 4.79 Å². The van der Waals surface area contributed by atoms with Gasteiger partial charge in [-0.05, 0) is 36.8 Å². The molecule has 0 atom stereocenters. The Balaban J connectivity index is 1.79. The molecule has 0 heterocycles. The van der Waals surface area contributed by atoms with Crippen LogP contribution < -0.4 is 10.7 Å². The summed E-state index contributed by atoms with van der Waals surface area (Å²) in [5.41, 5.74) is 5.05. The third kappa shape index (κ3) is 5.24. The molecule has 1 amide bonds. The fraction of sp³-hybridized carbons (Fsp3) is 0.125. The van der Waals surface area contributed by atoms with Gasteiger partial charge >= 0.3 is 0 Å². The fourth-order valence-electron chi connectivity index (χ4n) is 1.75. The molecule has 0 aliphatic rings. The molecule has 0 radical (unpaired) electrons. The maximum Gasteiger partial charge on any atom is 0.269 e. The van der Waals surface area contributed by atoms with Crippen molar-refractivity contribution in [2.75, 3.05) is 11.9 Å². The number of carbonyl (C=O) groups excluding carboxylic acids is 1. The van der Waals surface area contributed by atoms with Gasteiger partial charge in [-0.15, -0.1) is 0 Å². The number of nitro groups is 1. The first-order valence-corrected chi connectivity index (χ1v) is 6.91. The molecule has 0 unspecified atom stereocenters. The Kier molecular flexibility index (Phi) is 5.40. The van der Waals surface area contributed by atoms with Crippen LogP contribution in [0.5, 0.6) is 0 Å². The summed E-state index contributed by atoms with van der Waals surface area (Å²) in [7, 11) is 0.